The Bertz CT molecular complexity index is 291. The van der Waals surface area contributed by atoms with E-state index in [2.05, 4.69) is 23.0 Å². The average molecular weight is 237 g/mol. The number of carbonyl (C=O) groups excluding carboxylic acids is 1. The zero-order valence-electron chi connectivity index (χ0n) is 10.6. The quantitative estimate of drug-likeness (QED) is 0.327. The van der Waals surface area contributed by atoms with Crippen molar-refractivity contribution in [3.05, 3.63) is 24.3 Å². The zero-order chi connectivity index (χ0) is 12.7. The van der Waals surface area contributed by atoms with Crippen molar-refractivity contribution in [2.24, 2.45) is 11.8 Å². The van der Waals surface area contributed by atoms with E-state index >= 15 is 0 Å². The van der Waals surface area contributed by atoms with E-state index in [0.717, 1.165) is 38.9 Å². The van der Waals surface area contributed by atoms with E-state index in [1.807, 2.05) is 13.0 Å². The van der Waals surface area contributed by atoms with Gasteiger partial charge >= 0.3 is 0 Å². The van der Waals surface area contributed by atoms with Crippen molar-refractivity contribution in [1.29, 1.82) is 0 Å². The summed E-state index contributed by atoms with van der Waals surface area (Å²) in [4.78, 5) is 13.8. The molecule has 0 saturated carbocycles. The minimum absolute atomic E-state index is 0.0233. The van der Waals surface area contributed by atoms with Gasteiger partial charge in [0.05, 0.1) is 0 Å². The van der Waals surface area contributed by atoms with Crippen molar-refractivity contribution in [1.82, 2.24) is 10.3 Å². The van der Waals surface area contributed by atoms with E-state index in [1.165, 1.54) is 5.57 Å². The van der Waals surface area contributed by atoms with Gasteiger partial charge in [-0.25, -0.2) is 5.84 Å². The predicted octanol–water partition coefficient (Wildman–Crippen LogP) is 1.21. The van der Waals surface area contributed by atoms with Crippen molar-refractivity contribution in [3.63, 3.8) is 0 Å². The number of hydrazine groups is 1. The van der Waals surface area contributed by atoms with Crippen molar-refractivity contribution in [2.45, 2.75) is 26.2 Å². The molecule has 4 heteroatoms. The number of allylic oxidation sites excluding steroid dienone is 2. The minimum atomic E-state index is -0.0233. The lowest BCUT2D eigenvalue weighted by molar-refractivity contribution is -0.126. The lowest BCUT2D eigenvalue weighted by atomic mass is 9.96. The third-order valence-electron chi connectivity index (χ3n) is 3.45. The Labute approximate surface area is 104 Å². The number of hydrogen-bond donors (Lipinski definition) is 2. The van der Waals surface area contributed by atoms with Gasteiger partial charge in [-0.05, 0) is 39.3 Å². The van der Waals surface area contributed by atoms with Crippen molar-refractivity contribution in [2.75, 3.05) is 19.6 Å². The fourth-order valence-corrected chi connectivity index (χ4v) is 2.19. The first-order valence-electron chi connectivity index (χ1n) is 6.21. The Hall–Kier alpha value is -1.13. The molecule has 0 aliphatic carbocycles. The van der Waals surface area contributed by atoms with Gasteiger partial charge in [-0.2, -0.15) is 0 Å². The molecule has 0 atom stereocenters. The predicted molar refractivity (Wildman–Crippen MR) is 70.1 cm³/mol. The first-order valence-corrected chi connectivity index (χ1v) is 6.21. The highest BCUT2D eigenvalue weighted by Gasteiger charge is 2.23. The van der Waals surface area contributed by atoms with Gasteiger partial charge in [0.25, 0.3) is 0 Å². The van der Waals surface area contributed by atoms with Crippen LogP contribution in [0.3, 0.4) is 0 Å². The number of amides is 1. The molecule has 0 radical (unpaired) electrons. The Morgan fingerprint density at radius 3 is 2.65 bits per heavy atom. The maximum absolute atomic E-state index is 11.4. The summed E-state index contributed by atoms with van der Waals surface area (Å²) in [7, 11) is 0. The van der Waals surface area contributed by atoms with Gasteiger partial charge in [-0.1, -0.05) is 24.3 Å². The van der Waals surface area contributed by atoms with Crippen LogP contribution in [-0.2, 0) is 4.79 Å². The number of likely N-dealkylation sites (tertiary alicyclic amines) is 1. The number of carbonyl (C=O) groups is 1. The second kappa shape index (κ2) is 7.25. The standard InChI is InChI=1S/C13H23N3O/c1-3-11(4-2)5-8-16-9-6-12(7-10-16)13(17)15-14/h3-4,12H,1,5-10,14H2,2H3,(H,15,17)/b11-4+. The normalized spacial score (nSPS) is 19.1. The van der Waals surface area contributed by atoms with Crippen LogP contribution in [-0.4, -0.2) is 30.4 Å². The van der Waals surface area contributed by atoms with Crippen LogP contribution in [0.25, 0.3) is 0 Å². The molecule has 1 heterocycles. The second-order valence-corrected chi connectivity index (χ2v) is 4.44. The summed E-state index contributed by atoms with van der Waals surface area (Å²) in [6.07, 6.45) is 6.86. The average Bonchev–Trinajstić information content (AvgIpc) is 2.39. The van der Waals surface area contributed by atoms with Crippen molar-refractivity contribution < 1.29 is 4.79 Å². The van der Waals surface area contributed by atoms with Crippen LogP contribution in [0.15, 0.2) is 24.3 Å². The molecule has 1 rings (SSSR count). The summed E-state index contributed by atoms with van der Waals surface area (Å²) in [6, 6.07) is 0. The molecule has 0 aromatic rings. The molecule has 96 valence electrons. The molecule has 0 unspecified atom stereocenters. The van der Waals surface area contributed by atoms with E-state index in [1.54, 1.807) is 0 Å². The van der Waals surface area contributed by atoms with Gasteiger partial charge in [0.1, 0.15) is 0 Å². The van der Waals surface area contributed by atoms with Crippen LogP contribution < -0.4 is 11.3 Å². The number of rotatable bonds is 5. The van der Waals surface area contributed by atoms with E-state index in [9.17, 15) is 4.79 Å². The smallest absolute Gasteiger partial charge is 0.237 e. The van der Waals surface area contributed by atoms with Crippen LogP contribution in [0, 0.1) is 5.92 Å². The summed E-state index contributed by atoms with van der Waals surface area (Å²) in [5.74, 6) is 5.21. The van der Waals surface area contributed by atoms with Crippen LogP contribution in [0.4, 0.5) is 0 Å². The monoisotopic (exact) mass is 237 g/mol. The third-order valence-corrected chi connectivity index (χ3v) is 3.45. The van der Waals surface area contributed by atoms with Crippen LogP contribution in [0.1, 0.15) is 26.2 Å². The molecular formula is C13H23N3O. The third kappa shape index (κ3) is 4.32. The lowest BCUT2D eigenvalue weighted by Gasteiger charge is -2.30. The molecule has 0 spiro atoms. The van der Waals surface area contributed by atoms with Gasteiger partial charge in [0.2, 0.25) is 5.91 Å². The molecule has 1 fully saturated rings. The number of piperidine rings is 1. The topological polar surface area (TPSA) is 58.4 Å². The maximum Gasteiger partial charge on any atom is 0.237 e. The van der Waals surface area contributed by atoms with Crippen LogP contribution in [0.2, 0.25) is 0 Å². The molecule has 0 aromatic carbocycles. The van der Waals surface area contributed by atoms with Crippen molar-refractivity contribution >= 4 is 5.91 Å². The fourth-order valence-electron chi connectivity index (χ4n) is 2.19. The zero-order valence-corrected chi connectivity index (χ0v) is 10.6. The molecule has 0 bridgehead atoms. The molecule has 0 aromatic heterocycles. The van der Waals surface area contributed by atoms with E-state index in [0.29, 0.717) is 0 Å². The molecule has 1 saturated heterocycles. The molecule has 4 nitrogen and oxygen atoms in total. The van der Waals surface area contributed by atoms with Gasteiger partial charge in [0, 0.05) is 12.5 Å². The molecule has 1 amide bonds. The molecule has 3 N–H and O–H groups in total. The maximum atomic E-state index is 11.4. The highest BCUT2D eigenvalue weighted by atomic mass is 16.2. The summed E-state index contributed by atoms with van der Waals surface area (Å²) in [6.45, 7) is 8.83. The summed E-state index contributed by atoms with van der Waals surface area (Å²) < 4.78 is 0. The first-order chi connectivity index (χ1) is 8.21. The largest absolute Gasteiger partial charge is 0.303 e. The summed E-state index contributed by atoms with van der Waals surface area (Å²) >= 11 is 0. The lowest BCUT2D eigenvalue weighted by Crippen LogP contribution is -2.42. The highest BCUT2D eigenvalue weighted by molar-refractivity contribution is 5.78. The second-order valence-electron chi connectivity index (χ2n) is 4.44. The van der Waals surface area contributed by atoms with Crippen LogP contribution >= 0.6 is 0 Å². The number of hydrogen-bond acceptors (Lipinski definition) is 3. The van der Waals surface area contributed by atoms with Gasteiger partial charge in [0.15, 0.2) is 0 Å². The Kier molecular flexibility index (Phi) is 5.94. The minimum Gasteiger partial charge on any atom is -0.303 e. The highest BCUT2D eigenvalue weighted by Crippen LogP contribution is 2.18. The Morgan fingerprint density at radius 2 is 2.18 bits per heavy atom. The fraction of sp³-hybridized carbons (Fsp3) is 0.615. The number of nitrogens with two attached hydrogens (primary N) is 1. The summed E-state index contributed by atoms with van der Waals surface area (Å²) in [5.41, 5.74) is 3.52. The first kappa shape index (κ1) is 13.9. The summed E-state index contributed by atoms with van der Waals surface area (Å²) in [5, 5.41) is 0. The van der Waals surface area contributed by atoms with Gasteiger partial charge in [-0.15, -0.1) is 0 Å². The SMILES string of the molecule is C=C/C(=C\C)CCN1CCC(C(=O)NN)CC1. The molecule has 1 aliphatic heterocycles. The van der Waals surface area contributed by atoms with Crippen molar-refractivity contribution in [3.8, 4) is 0 Å². The number of nitrogens with zero attached hydrogens (tertiary/aromatic N) is 1. The Morgan fingerprint density at radius 1 is 1.53 bits per heavy atom. The number of nitrogens with one attached hydrogen (secondary N) is 1. The molecular weight excluding hydrogens is 214 g/mol. The van der Waals surface area contributed by atoms with Gasteiger partial charge in [-0.3, -0.25) is 10.2 Å². The molecule has 17 heavy (non-hydrogen) atoms. The molecule has 1 aliphatic rings. The van der Waals surface area contributed by atoms with E-state index in [-0.39, 0.29) is 11.8 Å². The van der Waals surface area contributed by atoms with Gasteiger partial charge < -0.3 is 4.90 Å². The van der Waals surface area contributed by atoms with E-state index in [4.69, 9.17) is 5.84 Å². The Balaban J connectivity index is 2.28. The van der Waals surface area contributed by atoms with E-state index < -0.39 is 0 Å². The van der Waals surface area contributed by atoms with Crippen LogP contribution in [0.5, 0.6) is 0 Å².